The van der Waals surface area contributed by atoms with Crippen LogP contribution in [0.25, 0.3) is 17.1 Å². The summed E-state index contributed by atoms with van der Waals surface area (Å²) in [6.07, 6.45) is 7.64. The topological polar surface area (TPSA) is 78.6 Å². The van der Waals surface area contributed by atoms with E-state index in [-0.39, 0.29) is 0 Å². The monoisotopic (exact) mass is 344 g/mol. The van der Waals surface area contributed by atoms with Crippen LogP contribution in [0.15, 0.2) is 67.3 Å². The highest BCUT2D eigenvalue weighted by molar-refractivity contribution is 5.54. The molecule has 128 valence electrons. The number of nitrogens with zero attached hydrogens (tertiary/aromatic N) is 6. The van der Waals surface area contributed by atoms with Gasteiger partial charge in [-0.05, 0) is 30.7 Å². The summed E-state index contributed by atoms with van der Waals surface area (Å²) >= 11 is 0. The van der Waals surface area contributed by atoms with E-state index < -0.39 is 0 Å². The van der Waals surface area contributed by atoms with Crippen LogP contribution < -0.4 is 4.74 Å². The van der Waals surface area contributed by atoms with E-state index in [1.165, 1.54) is 0 Å². The SMILES string of the molecule is CCc1cc(Oc2cccc(-n3ccnn3)c2)nc(-c2ccncc2)n1. The highest BCUT2D eigenvalue weighted by atomic mass is 16.5. The first kappa shape index (κ1) is 15.9. The van der Waals surface area contributed by atoms with Crippen molar-refractivity contribution in [2.45, 2.75) is 13.3 Å². The predicted molar refractivity (Wildman–Crippen MR) is 96.1 cm³/mol. The molecule has 3 heterocycles. The van der Waals surface area contributed by atoms with Crippen molar-refractivity contribution in [3.63, 3.8) is 0 Å². The standard InChI is InChI=1S/C19H16N6O/c1-2-15-12-18(23-19(22-15)14-6-8-20-9-7-14)26-17-5-3-4-16(13-17)25-11-10-21-24-25/h3-13H,2H2,1H3. The lowest BCUT2D eigenvalue weighted by atomic mass is 10.2. The van der Waals surface area contributed by atoms with Crippen LogP contribution in [0.4, 0.5) is 0 Å². The van der Waals surface area contributed by atoms with Gasteiger partial charge in [0.05, 0.1) is 18.1 Å². The van der Waals surface area contributed by atoms with Gasteiger partial charge in [-0.25, -0.2) is 9.67 Å². The normalized spacial score (nSPS) is 10.7. The molecule has 1 aromatic carbocycles. The number of aromatic nitrogens is 6. The molecule has 0 saturated heterocycles. The van der Waals surface area contributed by atoms with E-state index >= 15 is 0 Å². The fourth-order valence-electron chi connectivity index (χ4n) is 2.49. The van der Waals surface area contributed by atoms with Crippen LogP contribution in [0, 0.1) is 0 Å². The van der Waals surface area contributed by atoms with Crippen LogP contribution in [-0.2, 0) is 6.42 Å². The van der Waals surface area contributed by atoms with Crippen LogP contribution in [-0.4, -0.2) is 29.9 Å². The van der Waals surface area contributed by atoms with Crippen molar-refractivity contribution < 1.29 is 4.74 Å². The molecule has 0 atom stereocenters. The second-order valence-electron chi connectivity index (χ2n) is 5.56. The van der Waals surface area contributed by atoms with Crippen LogP contribution in [0.1, 0.15) is 12.6 Å². The maximum Gasteiger partial charge on any atom is 0.223 e. The van der Waals surface area contributed by atoms with E-state index in [2.05, 4.69) is 25.3 Å². The Morgan fingerprint density at radius 1 is 1.00 bits per heavy atom. The van der Waals surface area contributed by atoms with Crippen molar-refractivity contribution in [2.24, 2.45) is 0 Å². The van der Waals surface area contributed by atoms with Gasteiger partial charge in [0.1, 0.15) is 5.75 Å². The molecule has 0 radical (unpaired) electrons. The van der Waals surface area contributed by atoms with Gasteiger partial charge in [-0.1, -0.05) is 18.2 Å². The molecule has 3 aromatic heterocycles. The van der Waals surface area contributed by atoms with Crippen molar-refractivity contribution >= 4 is 0 Å². The molecule has 0 unspecified atom stereocenters. The Balaban J connectivity index is 1.67. The highest BCUT2D eigenvalue weighted by Gasteiger charge is 2.09. The van der Waals surface area contributed by atoms with Crippen molar-refractivity contribution in [1.82, 2.24) is 29.9 Å². The minimum atomic E-state index is 0.499. The van der Waals surface area contributed by atoms with Gasteiger partial charge in [0.15, 0.2) is 5.82 Å². The molecule has 7 nitrogen and oxygen atoms in total. The van der Waals surface area contributed by atoms with Crippen LogP contribution in [0.2, 0.25) is 0 Å². The Labute approximate surface area is 150 Å². The summed E-state index contributed by atoms with van der Waals surface area (Å²) in [6.45, 7) is 2.05. The number of benzene rings is 1. The molecule has 0 fully saturated rings. The number of hydrogen-bond acceptors (Lipinski definition) is 6. The molecule has 0 amide bonds. The summed E-state index contributed by atoms with van der Waals surface area (Å²) in [7, 11) is 0. The van der Waals surface area contributed by atoms with E-state index in [1.54, 1.807) is 29.5 Å². The number of rotatable bonds is 5. The summed E-state index contributed by atoms with van der Waals surface area (Å²) < 4.78 is 7.67. The fourth-order valence-corrected chi connectivity index (χ4v) is 2.49. The fraction of sp³-hybridized carbons (Fsp3) is 0.105. The molecule has 26 heavy (non-hydrogen) atoms. The maximum atomic E-state index is 5.99. The van der Waals surface area contributed by atoms with Gasteiger partial charge < -0.3 is 4.74 Å². The molecule has 0 aliphatic heterocycles. The zero-order valence-electron chi connectivity index (χ0n) is 14.1. The minimum absolute atomic E-state index is 0.499. The van der Waals surface area contributed by atoms with Crippen LogP contribution in [0.5, 0.6) is 11.6 Å². The average Bonchev–Trinajstić information content (AvgIpc) is 3.23. The van der Waals surface area contributed by atoms with E-state index in [1.807, 2.05) is 49.4 Å². The molecule has 0 aliphatic carbocycles. The Kier molecular flexibility index (Phi) is 4.34. The summed E-state index contributed by atoms with van der Waals surface area (Å²) in [4.78, 5) is 13.2. The van der Waals surface area contributed by atoms with Gasteiger partial charge in [-0.3, -0.25) is 4.98 Å². The smallest absolute Gasteiger partial charge is 0.223 e. The zero-order chi connectivity index (χ0) is 17.8. The van der Waals surface area contributed by atoms with E-state index in [4.69, 9.17) is 4.74 Å². The van der Waals surface area contributed by atoms with Crippen molar-refractivity contribution in [3.8, 4) is 28.7 Å². The summed E-state index contributed by atoms with van der Waals surface area (Å²) in [5, 5.41) is 7.82. The van der Waals surface area contributed by atoms with E-state index in [0.29, 0.717) is 17.5 Å². The van der Waals surface area contributed by atoms with Crippen molar-refractivity contribution in [1.29, 1.82) is 0 Å². The molecular formula is C19H16N6O. The third-order valence-electron chi connectivity index (χ3n) is 3.78. The van der Waals surface area contributed by atoms with Gasteiger partial charge in [0.2, 0.25) is 5.88 Å². The molecule has 0 aliphatic rings. The molecule has 0 spiro atoms. The number of aryl methyl sites for hydroxylation is 1. The average molecular weight is 344 g/mol. The molecule has 7 heteroatoms. The Morgan fingerprint density at radius 3 is 2.65 bits per heavy atom. The quantitative estimate of drug-likeness (QED) is 0.551. The second kappa shape index (κ2) is 7.10. The molecule has 0 bridgehead atoms. The lowest BCUT2D eigenvalue weighted by Gasteiger charge is -2.10. The van der Waals surface area contributed by atoms with Gasteiger partial charge in [-0.2, -0.15) is 4.98 Å². The lowest BCUT2D eigenvalue weighted by molar-refractivity contribution is 0.460. The Hall–Kier alpha value is -3.61. The third-order valence-corrected chi connectivity index (χ3v) is 3.78. The van der Waals surface area contributed by atoms with Gasteiger partial charge in [0, 0.05) is 35.8 Å². The molecular weight excluding hydrogens is 328 g/mol. The first-order valence-electron chi connectivity index (χ1n) is 8.25. The van der Waals surface area contributed by atoms with Gasteiger partial charge in [0.25, 0.3) is 0 Å². The minimum Gasteiger partial charge on any atom is -0.439 e. The first-order chi connectivity index (χ1) is 12.8. The number of pyridine rings is 1. The zero-order valence-corrected chi connectivity index (χ0v) is 14.1. The molecule has 4 rings (SSSR count). The van der Waals surface area contributed by atoms with Gasteiger partial charge >= 0.3 is 0 Å². The predicted octanol–water partition coefficient (Wildman–Crippen LogP) is 3.47. The molecule has 0 N–H and O–H groups in total. The Bertz CT molecular complexity index is 1000. The number of ether oxygens (including phenoxy) is 1. The summed E-state index contributed by atoms with van der Waals surface area (Å²) in [5.41, 5.74) is 2.67. The summed E-state index contributed by atoms with van der Waals surface area (Å²) in [6, 6.07) is 13.2. The van der Waals surface area contributed by atoms with Crippen LogP contribution in [0.3, 0.4) is 0 Å². The van der Waals surface area contributed by atoms with E-state index in [0.717, 1.165) is 23.4 Å². The molecule has 4 aromatic rings. The third kappa shape index (κ3) is 3.41. The highest BCUT2D eigenvalue weighted by Crippen LogP contribution is 2.25. The maximum absolute atomic E-state index is 5.99. The largest absolute Gasteiger partial charge is 0.439 e. The Morgan fingerprint density at radius 2 is 1.88 bits per heavy atom. The van der Waals surface area contributed by atoms with Gasteiger partial charge in [-0.15, -0.1) is 5.10 Å². The lowest BCUT2D eigenvalue weighted by Crippen LogP contribution is -1.99. The van der Waals surface area contributed by atoms with E-state index in [9.17, 15) is 0 Å². The van der Waals surface area contributed by atoms with Crippen molar-refractivity contribution in [2.75, 3.05) is 0 Å². The first-order valence-corrected chi connectivity index (χ1v) is 8.25. The van der Waals surface area contributed by atoms with Crippen molar-refractivity contribution in [3.05, 3.63) is 72.9 Å². The van der Waals surface area contributed by atoms with Crippen LogP contribution >= 0.6 is 0 Å². The summed E-state index contributed by atoms with van der Waals surface area (Å²) in [5.74, 6) is 1.79. The molecule has 0 saturated carbocycles. The number of hydrogen-bond donors (Lipinski definition) is 0. The second-order valence-corrected chi connectivity index (χ2v) is 5.56.